The molecule has 0 saturated carbocycles. The van der Waals surface area contributed by atoms with Gasteiger partial charge in [-0.1, -0.05) is 0 Å². The average molecular weight is 249 g/mol. The molecule has 1 aromatic heterocycles. The van der Waals surface area contributed by atoms with E-state index in [0.29, 0.717) is 18.8 Å². The number of aromatic amines is 1. The number of benzene rings is 1. The van der Waals surface area contributed by atoms with E-state index < -0.39 is 11.6 Å². The van der Waals surface area contributed by atoms with Crippen LogP contribution in [0.2, 0.25) is 0 Å². The highest BCUT2D eigenvalue weighted by Crippen LogP contribution is 2.20. The van der Waals surface area contributed by atoms with Crippen molar-refractivity contribution >= 4 is 5.69 Å². The van der Waals surface area contributed by atoms with E-state index in [1.807, 2.05) is 0 Å². The number of nitriles is 1. The van der Waals surface area contributed by atoms with Gasteiger partial charge in [-0.3, -0.25) is 5.10 Å². The van der Waals surface area contributed by atoms with Crippen molar-refractivity contribution in [3.8, 4) is 6.07 Å². The Labute approximate surface area is 101 Å². The number of hydrogen-bond donors (Lipinski definition) is 2. The highest BCUT2D eigenvalue weighted by molar-refractivity contribution is 5.50. The molecular weight excluding hydrogens is 240 g/mol. The van der Waals surface area contributed by atoms with E-state index in [9.17, 15) is 8.78 Å². The molecule has 7 heteroatoms. The lowest BCUT2D eigenvalue weighted by Crippen LogP contribution is -2.09. The van der Waals surface area contributed by atoms with Crippen molar-refractivity contribution in [1.82, 2.24) is 15.2 Å². The minimum absolute atomic E-state index is 0.0502. The molecule has 1 aromatic carbocycles. The van der Waals surface area contributed by atoms with E-state index in [2.05, 4.69) is 20.5 Å². The Bertz CT molecular complexity index is 551. The Morgan fingerprint density at radius 1 is 1.33 bits per heavy atom. The molecule has 0 aliphatic rings. The van der Waals surface area contributed by atoms with Crippen LogP contribution in [-0.4, -0.2) is 21.7 Å². The van der Waals surface area contributed by atoms with Gasteiger partial charge in [-0.2, -0.15) is 10.4 Å². The van der Waals surface area contributed by atoms with Crippen LogP contribution in [0.5, 0.6) is 0 Å². The predicted molar refractivity (Wildman–Crippen MR) is 59.6 cm³/mol. The van der Waals surface area contributed by atoms with E-state index in [1.54, 1.807) is 6.07 Å². The van der Waals surface area contributed by atoms with Crippen LogP contribution in [0.3, 0.4) is 0 Å². The van der Waals surface area contributed by atoms with Crippen LogP contribution in [0.25, 0.3) is 0 Å². The Kier molecular flexibility index (Phi) is 3.48. The molecule has 2 rings (SSSR count). The van der Waals surface area contributed by atoms with Crippen LogP contribution in [0.15, 0.2) is 18.5 Å². The summed E-state index contributed by atoms with van der Waals surface area (Å²) >= 11 is 0. The lowest BCUT2D eigenvalue weighted by atomic mass is 10.2. The maximum absolute atomic E-state index is 13.5. The summed E-state index contributed by atoms with van der Waals surface area (Å²) in [7, 11) is 0. The molecule has 0 aliphatic carbocycles. The van der Waals surface area contributed by atoms with E-state index in [-0.39, 0.29) is 11.3 Å². The number of halogens is 2. The third-order valence-electron chi connectivity index (χ3n) is 2.30. The summed E-state index contributed by atoms with van der Waals surface area (Å²) in [4.78, 5) is 3.88. The van der Waals surface area contributed by atoms with Crippen molar-refractivity contribution in [1.29, 1.82) is 5.26 Å². The third-order valence-corrected chi connectivity index (χ3v) is 2.30. The van der Waals surface area contributed by atoms with Gasteiger partial charge in [0.1, 0.15) is 17.8 Å². The first-order valence-electron chi connectivity index (χ1n) is 5.18. The first-order chi connectivity index (χ1) is 8.70. The second-order valence-corrected chi connectivity index (χ2v) is 3.54. The van der Waals surface area contributed by atoms with Gasteiger partial charge in [0.05, 0.1) is 11.6 Å². The van der Waals surface area contributed by atoms with Gasteiger partial charge in [0.15, 0.2) is 11.6 Å². The van der Waals surface area contributed by atoms with Gasteiger partial charge in [0.2, 0.25) is 0 Å². The van der Waals surface area contributed by atoms with Crippen molar-refractivity contribution in [2.75, 3.05) is 11.9 Å². The predicted octanol–water partition coefficient (Wildman–Crippen LogP) is 1.61. The molecule has 1 heterocycles. The fourth-order valence-corrected chi connectivity index (χ4v) is 1.46. The maximum atomic E-state index is 13.5. The van der Waals surface area contributed by atoms with Crippen LogP contribution in [0.4, 0.5) is 14.5 Å². The number of nitrogens with zero attached hydrogens (tertiary/aromatic N) is 3. The Balaban J connectivity index is 2.03. The molecule has 2 N–H and O–H groups in total. The molecule has 92 valence electrons. The van der Waals surface area contributed by atoms with E-state index >= 15 is 0 Å². The number of H-pyrrole nitrogens is 1. The van der Waals surface area contributed by atoms with Crippen LogP contribution in [0.1, 0.15) is 11.4 Å². The number of aromatic nitrogens is 3. The minimum Gasteiger partial charge on any atom is -0.380 e. The number of anilines is 1. The zero-order valence-electron chi connectivity index (χ0n) is 9.24. The van der Waals surface area contributed by atoms with Crippen molar-refractivity contribution in [3.63, 3.8) is 0 Å². The van der Waals surface area contributed by atoms with Crippen LogP contribution in [0, 0.1) is 23.0 Å². The molecule has 0 atom stereocenters. The third kappa shape index (κ3) is 2.60. The highest BCUT2D eigenvalue weighted by atomic mass is 19.1. The van der Waals surface area contributed by atoms with Crippen LogP contribution in [-0.2, 0) is 6.42 Å². The quantitative estimate of drug-likeness (QED) is 0.862. The largest absolute Gasteiger partial charge is 0.380 e. The summed E-state index contributed by atoms with van der Waals surface area (Å²) in [6, 6.07) is 3.66. The molecule has 0 amide bonds. The summed E-state index contributed by atoms with van der Waals surface area (Å²) in [6.07, 6.45) is 1.82. The molecule has 0 spiro atoms. The van der Waals surface area contributed by atoms with Crippen molar-refractivity contribution in [2.24, 2.45) is 0 Å². The standard InChI is InChI=1S/C11H9F2N5/c12-8-3-7(5-14)4-9(13)11(8)15-2-1-10-16-6-17-18-10/h3-4,6,15H,1-2H2,(H,16,17,18). The summed E-state index contributed by atoms with van der Waals surface area (Å²) in [6.45, 7) is 0.301. The van der Waals surface area contributed by atoms with E-state index in [1.165, 1.54) is 6.33 Å². The van der Waals surface area contributed by atoms with Crippen LogP contribution < -0.4 is 5.32 Å². The fraction of sp³-hybridized carbons (Fsp3) is 0.182. The Morgan fingerprint density at radius 3 is 2.61 bits per heavy atom. The van der Waals surface area contributed by atoms with Gasteiger partial charge in [-0.15, -0.1) is 0 Å². The van der Waals surface area contributed by atoms with Gasteiger partial charge in [0, 0.05) is 13.0 Å². The van der Waals surface area contributed by atoms with Crippen molar-refractivity contribution in [3.05, 3.63) is 41.5 Å². The SMILES string of the molecule is N#Cc1cc(F)c(NCCc2ncn[nH]2)c(F)c1. The molecular formula is C11H9F2N5. The zero-order valence-corrected chi connectivity index (χ0v) is 9.24. The summed E-state index contributed by atoms with van der Waals surface area (Å²) in [5, 5.41) is 17.5. The first kappa shape index (κ1) is 12.0. The molecule has 0 radical (unpaired) electrons. The van der Waals surface area contributed by atoms with Gasteiger partial charge in [-0.25, -0.2) is 13.8 Å². The van der Waals surface area contributed by atoms with Crippen LogP contribution >= 0.6 is 0 Å². The average Bonchev–Trinajstić information content (AvgIpc) is 2.85. The van der Waals surface area contributed by atoms with Gasteiger partial charge >= 0.3 is 0 Å². The maximum Gasteiger partial charge on any atom is 0.150 e. The normalized spacial score (nSPS) is 10.1. The Morgan fingerprint density at radius 2 is 2.06 bits per heavy atom. The molecule has 5 nitrogen and oxygen atoms in total. The smallest absolute Gasteiger partial charge is 0.150 e. The van der Waals surface area contributed by atoms with Crippen molar-refractivity contribution in [2.45, 2.75) is 6.42 Å². The van der Waals surface area contributed by atoms with E-state index in [0.717, 1.165) is 12.1 Å². The topological polar surface area (TPSA) is 77.4 Å². The zero-order chi connectivity index (χ0) is 13.0. The molecule has 0 fully saturated rings. The number of hydrogen-bond acceptors (Lipinski definition) is 4. The molecule has 18 heavy (non-hydrogen) atoms. The molecule has 0 unspecified atom stereocenters. The molecule has 0 saturated heterocycles. The second kappa shape index (κ2) is 5.23. The summed E-state index contributed by atoms with van der Waals surface area (Å²) in [5.74, 6) is -0.954. The minimum atomic E-state index is -0.788. The van der Waals surface area contributed by atoms with Gasteiger partial charge in [-0.05, 0) is 12.1 Å². The van der Waals surface area contributed by atoms with Gasteiger partial charge in [0.25, 0.3) is 0 Å². The van der Waals surface area contributed by atoms with Gasteiger partial charge < -0.3 is 5.32 Å². The molecule has 0 aliphatic heterocycles. The van der Waals surface area contributed by atoms with Crippen molar-refractivity contribution < 1.29 is 8.78 Å². The molecule has 2 aromatic rings. The summed E-state index contributed by atoms with van der Waals surface area (Å²) in [5.41, 5.74) is -0.292. The number of nitrogens with one attached hydrogen (secondary N) is 2. The monoisotopic (exact) mass is 249 g/mol. The summed E-state index contributed by atoms with van der Waals surface area (Å²) < 4.78 is 26.9. The first-order valence-corrected chi connectivity index (χ1v) is 5.18. The Hall–Kier alpha value is -2.49. The highest BCUT2D eigenvalue weighted by Gasteiger charge is 2.10. The second-order valence-electron chi connectivity index (χ2n) is 3.54. The fourth-order valence-electron chi connectivity index (χ4n) is 1.46. The lowest BCUT2D eigenvalue weighted by molar-refractivity contribution is 0.587. The lowest BCUT2D eigenvalue weighted by Gasteiger charge is -2.08. The molecule has 0 bridgehead atoms. The number of rotatable bonds is 4. The van der Waals surface area contributed by atoms with E-state index in [4.69, 9.17) is 5.26 Å².